The molecule has 0 aliphatic heterocycles. The number of carbonyl (C=O) groups is 3. The van der Waals surface area contributed by atoms with E-state index in [0.29, 0.717) is 34.8 Å². The van der Waals surface area contributed by atoms with Gasteiger partial charge in [-0.2, -0.15) is 5.10 Å². The van der Waals surface area contributed by atoms with Crippen LogP contribution < -0.4 is 20.2 Å². The SMILES string of the molecule is CCCOc1ccc(C(=O)NCC(=O)N/N=C/c2ccccc2OCc2ccc(C(=O)OC)cc2)cc1. The highest BCUT2D eigenvalue weighted by Gasteiger charge is 2.09. The monoisotopic (exact) mass is 503 g/mol. The van der Waals surface area contributed by atoms with Crippen LogP contribution >= 0.6 is 0 Å². The average Bonchev–Trinajstić information content (AvgIpc) is 2.94. The van der Waals surface area contributed by atoms with E-state index in [1.54, 1.807) is 60.7 Å². The molecule has 0 aromatic heterocycles. The largest absolute Gasteiger partial charge is 0.494 e. The smallest absolute Gasteiger partial charge is 0.337 e. The van der Waals surface area contributed by atoms with Crippen molar-refractivity contribution in [1.29, 1.82) is 0 Å². The van der Waals surface area contributed by atoms with Crippen molar-refractivity contribution >= 4 is 24.0 Å². The first-order chi connectivity index (χ1) is 18.0. The summed E-state index contributed by atoms with van der Waals surface area (Å²) in [6.07, 6.45) is 2.36. The standard InChI is InChI=1S/C28H29N3O6/c1-3-16-36-24-14-12-21(13-15-24)27(33)29-18-26(32)31-30-17-23-6-4-5-7-25(23)37-19-20-8-10-22(11-9-20)28(34)35-2/h4-15,17H,3,16,18-19H2,1-2H3,(H,29,33)(H,31,32)/b30-17+. The number of nitrogens with zero attached hydrogens (tertiary/aromatic N) is 1. The van der Waals surface area contributed by atoms with E-state index in [4.69, 9.17) is 14.2 Å². The second-order valence-corrected chi connectivity index (χ2v) is 7.86. The molecule has 37 heavy (non-hydrogen) atoms. The van der Waals surface area contributed by atoms with Crippen LogP contribution in [-0.2, 0) is 16.1 Å². The molecule has 9 heteroatoms. The Morgan fingerprint density at radius 2 is 1.59 bits per heavy atom. The summed E-state index contributed by atoms with van der Waals surface area (Å²) in [5.74, 6) is 0.00162. The van der Waals surface area contributed by atoms with Crippen molar-refractivity contribution in [2.24, 2.45) is 5.10 Å². The normalized spacial score (nSPS) is 10.5. The summed E-state index contributed by atoms with van der Waals surface area (Å²) in [4.78, 5) is 35.9. The van der Waals surface area contributed by atoms with Crippen LogP contribution in [0.5, 0.6) is 11.5 Å². The fourth-order valence-corrected chi connectivity index (χ4v) is 3.13. The molecule has 0 fully saturated rings. The number of hydrogen-bond donors (Lipinski definition) is 2. The van der Waals surface area contributed by atoms with Gasteiger partial charge >= 0.3 is 5.97 Å². The Kier molecular flexibility index (Phi) is 10.2. The van der Waals surface area contributed by atoms with E-state index in [1.807, 2.05) is 19.1 Å². The van der Waals surface area contributed by atoms with Crippen LogP contribution in [0.2, 0.25) is 0 Å². The molecule has 2 N–H and O–H groups in total. The van der Waals surface area contributed by atoms with Gasteiger partial charge in [0.1, 0.15) is 18.1 Å². The maximum Gasteiger partial charge on any atom is 0.337 e. The third kappa shape index (κ3) is 8.50. The van der Waals surface area contributed by atoms with Crippen molar-refractivity contribution in [2.75, 3.05) is 20.3 Å². The lowest BCUT2D eigenvalue weighted by Gasteiger charge is -2.09. The van der Waals surface area contributed by atoms with Crippen molar-refractivity contribution in [3.8, 4) is 11.5 Å². The number of ether oxygens (including phenoxy) is 3. The van der Waals surface area contributed by atoms with Crippen molar-refractivity contribution < 1.29 is 28.6 Å². The van der Waals surface area contributed by atoms with Crippen LogP contribution in [0.25, 0.3) is 0 Å². The van der Waals surface area contributed by atoms with Crippen molar-refractivity contribution in [1.82, 2.24) is 10.7 Å². The van der Waals surface area contributed by atoms with E-state index in [9.17, 15) is 14.4 Å². The van der Waals surface area contributed by atoms with Gasteiger partial charge in [-0.05, 0) is 60.5 Å². The summed E-state index contributed by atoms with van der Waals surface area (Å²) in [6.45, 7) is 2.66. The summed E-state index contributed by atoms with van der Waals surface area (Å²) in [5.41, 5.74) is 4.79. The third-order valence-electron chi connectivity index (χ3n) is 5.08. The number of amides is 2. The molecule has 2 amide bonds. The molecule has 0 atom stereocenters. The number of hydrazone groups is 1. The van der Waals surface area contributed by atoms with E-state index in [-0.39, 0.29) is 19.1 Å². The minimum Gasteiger partial charge on any atom is -0.494 e. The van der Waals surface area contributed by atoms with E-state index >= 15 is 0 Å². The minimum absolute atomic E-state index is 0.232. The van der Waals surface area contributed by atoms with Gasteiger partial charge in [-0.25, -0.2) is 10.2 Å². The van der Waals surface area contributed by atoms with Crippen LogP contribution in [0.1, 0.15) is 45.2 Å². The maximum atomic E-state index is 12.3. The highest BCUT2D eigenvalue weighted by molar-refractivity contribution is 5.96. The Balaban J connectivity index is 1.47. The number of hydrogen-bond acceptors (Lipinski definition) is 7. The highest BCUT2D eigenvalue weighted by Crippen LogP contribution is 2.18. The Hall–Kier alpha value is -4.66. The van der Waals surface area contributed by atoms with Crippen LogP contribution in [0.4, 0.5) is 0 Å². The molecule has 3 aromatic rings. The zero-order chi connectivity index (χ0) is 26.5. The number of nitrogens with one attached hydrogen (secondary N) is 2. The lowest BCUT2D eigenvalue weighted by Crippen LogP contribution is -2.34. The zero-order valence-electron chi connectivity index (χ0n) is 20.7. The zero-order valence-corrected chi connectivity index (χ0v) is 20.7. The first-order valence-corrected chi connectivity index (χ1v) is 11.7. The lowest BCUT2D eigenvalue weighted by molar-refractivity contribution is -0.120. The van der Waals surface area contributed by atoms with E-state index < -0.39 is 11.9 Å². The Morgan fingerprint density at radius 1 is 0.892 bits per heavy atom. The van der Waals surface area contributed by atoms with Crippen LogP contribution in [0.15, 0.2) is 77.9 Å². The third-order valence-corrected chi connectivity index (χ3v) is 5.08. The van der Waals surface area contributed by atoms with Gasteiger partial charge < -0.3 is 19.5 Å². The van der Waals surface area contributed by atoms with Crippen LogP contribution in [0, 0.1) is 0 Å². The topological polar surface area (TPSA) is 115 Å². The number of benzene rings is 3. The molecule has 0 saturated carbocycles. The average molecular weight is 504 g/mol. The summed E-state index contributed by atoms with van der Waals surface area (Å²) >= 11 is 0. The number of para-hydroxylation sites is 1. The van der Waals surface area contributed by atoms with E-state index in [1.165, 1.54) is 13.3 Å². The summed E-state index contributed by atoms with van der Waals surface area (Å²) in [7, 11) is 1.33. The van der Waals surface area contributed by atoms with E-state index in [0.717, 1.165) is 12.0 Å². The maximum absolute atomic E-state index is 12.3. The second-order valence-electron chi connectivity index (χ2n) is 7.86. The van der Waals surface area contributed by atoms with Gasteiger partial charge in [0.2, 0.25) is 0 Å². The lowest BCUT2D eigenvalue weighted by atomic mass is 10.1. The molecule has 0 bridgehead atoms. The van der Waals surface area contributed by atoms with Crippen LogP contribution in [0.3, 0.4) is 0 Å². The fourth-order valence-electron chi connectivity index (χ4n) is 3.13. The molecule has 0 aliphatic carbocycles. The molecule has 0 spiro atoms. The predicted molar refractivity (Wildman–Crippen MR) is 139 cm³/mol. The Bertz CT molecular complexity index is 1220. The fraction of sp³-hybridized carbons (Fsp3) is 0.214. The molecule has 3 aromatic carbocycles. The molecule has 0 aliphatic rings. The Morgan fingerprint density at radius 3 is 2.30 bits per heavy atom. The highest BCUT2D eigenvalue weighted by atomic mass is 16.5. The molecule has 0 heterocycles. The quantitative estimate of drug-likeness (QED) is 0.221. The van der Waals surface area contributed by atoms with Gasteiger partial charge in [0.15, 0.2) is 0 Å². The molecule has 0 radical (unpaired) electrons. The molecule has 0 saturated heterocycles. The summed E-state index contributed by atoms with van der Waals surface area (Å²) in [6, 6.07) is 20.8. The second kappa shape index (κ2) is 14.0. The van der Waals surface area contributed by atoms with Crippen molar-refractivity contribution in [2.45, 2.75) is 20.0 Å². The first-order valence-electron chi connectivity index (χ1n) is 11.7. The number of esters is 1. The molecule has 192 valence electrons. The van der Waals surface area contributed by atoms with Crippen molar-refractivity contribution in [3.63, 3.8) is 0 Å². The molecular formula is C28H29N3O6. The Labute approximate surface area is 215 Å². The van der Waals surface area contributed by atoms with Gasteiger partial charge in [-0.1, -0.05) is 31.2 Å². The van der Waals surface area contributed by atoms with Crippen LogP contribution in [-0.4, -0.2) is 44.3 Å². The summed E-state index contributed by atoms with van der Waals surface area (Å²) in [5, 5.41) is 6.52. The number of carbonyl (C=O) groups excluding carboxylic acids is 3. The number of rotatable bonds is 12. The molecular weight excluding hydrogens is 474 g/mol. The van der Waals surface area contributed by atoms with Gasteiger partial charge in [0.05, 0.1) is 32.0 Å². The first kappa shape index (κ1) is 26.9. The van der Waals surface area contributed by atoms with Gasteiger partial charge in [-0.15, -0.1) is 0 Å². The predicted octanol–water partition coefficient (Wildman–Crippen LogP) is 3.72. The van der Waals surface area contributed by atoms with Crippen molar-refractivity contribution in [3.05, 3.63) is 95.1 Å². The molecule has 3 rings (SSSR count). The molecule has 9 nitrogen and oxygen atoms in total. The number of methoxy groups -OCH3 is 1. The molecule has 0 unspecified atom stereocenters. The van der Waals surface area contributed by atoms with Gasteiger partial charge in [0, 0.05) is 11.1 Å². The van der Waals surface area contributed by atoms with E-state index in [2.05, 4.69) is 15.8 Å². The van der Waals surface area contributed by atoms with Gasteiger partial charge in [-0.3, -0.25) is 9.59 Å². The van der Waals surface area contributed by atoms with Gasteiger partial charge in [0.25, 0.3) is 11.8 Å². The summed E-state index contributed by atoms with van der Waals surface area (Å²) < 4.78 is 16.1. The minimum atomic E-state index is -0.475.